The summed E-state index contributed by atoms with van der Waals surface area (Å²) in [7, 11) is 0. The molecule has 0 aliphatic carbocycles. The van der Waals surface area contributed by atoms with Gasteiger partial charge in [0.2, 0.25) is 0 Å². The first kappa shape index (κ1) is 1.25. The van der Waals surface area contributed by atoms with Crippen molar-refractivity contribution in [1.29, 1.82) is 0 Å². The van der Waals surface area contributed by atoms with E-state index >= 15 is 0 Å². The maximum Gasteiger partial charge on any atom is 0.0570 e. The number of hydrogen-bond donors (Lipinski definition) is 2. The van der Waals surface area contributed by atoms with E-state index in [1.165, 1.54) is 0 Å². The minimum Gasteiger partial charge on any atom is -0.396 e. The van der Waals surface area contributed by atoms with Crippen molar-refractivity contribution in [3.8, 4) is 0 Å². The highest BCUT2D eigenvalue weighted by Gasteiger charge is 2.13. The standard InChI is InChI=1S/C5H12O2/c1-5(2,3-6)4-7/h6-7H,3-4H2,1-2H3/i1D3,2D3,3D2. The van der Waals surface area contributed by atoms with Gasteiger partial charge < -0.3 is 10.2 Å². The van der Waals surface area contributed by atoms with Crippen molar-refractivity contribution in [1.82, 2.24) is 0 Å². The van der Waals surface area contributed by atoms with Gasteiger partial charge in [-0.15, -0.1) is 0 Å². The van der Waals surface area contributed by atoms with Gasteiger partial charge in [-0.25, -0.2) is 0 Å². The second-order valence-electron chi connectivity index (χ2n) is 1.18. The summed E-state index contributed by atoms with van der Waals surface area (Å²) in [4.78, 5) is 0. The molecule has 0 atom stereocenters. The highest BCUT2D eigenvalue weighted by Crippen LogP contribution is 2.10. The normalized spacial score (nSPS) is 34.6. The molecule has 0 fully saturated rings. The summed E-state index contributed by atoms with van der Waals surface area (Å²) in [5.74, 6) is 0. The average Bonchev–Trinajstić information content (AvgIpc) is 1.76. The van der Waals surface area contributed by atoms with Gasteiger partial charge in [-0.1, -0.05) is 13.7 Å². The van der Waals surface area contributed by atoms with E-state index in [4.69, 9.17) is 21.2 Å². The molecule has 0 aromatic rings. The zero-order chi connectivity index (χ0) is 12.7. The molecule has 0 saturated heterocycles. The maximum absolute atomic E-state index is 9.05. The molecule has 0 radical (unpaired) electrons. The van der Waals surface area contributed by atoms with Gasteiger partial charge in [0.1, 0.15) is 0 Å². The number of hydrogen-bond acceptors (Lipinski definition) is 2. The van der Waals surface area contributed by atoms with Gasteiger partial charge in [0, 0.05) is 13.6 Å². The fraction of sp³-hybridized carbons (Fsp3) is 1.00. The molecule has 0 amide bonds. The van der Waals surface area contributed by atoms with Crippen LogP contribution in [-0.4, -0.2) is 23.4 Å². The van der Waals surface area contributed by atoms with Crippen LogP contribution < -0.4 is 0 Å². The second-order valence-corrected chi connectivity index (χ2v) is 1.18. The first-order valence-corrected chi connectivity index (χ1v) is 1.64. The molecule has 2 nitrogen and oxygen atoms in total. The van der Waals surface area contributed by atoms with Crippen LogP contribution in [0.5, 0.6) is 0 Å². The summed E-state index contributed by atoms with van der Waals surface area (Å²) >= 11 is 0. The van der Waals surface area contributed by atoms with Gasteiger partial charge in [0.15, 0.2) is 0 Å². The van der Waals surface area contributed by atoms with Gasteiger partial charge in [0.25, 0.3) is 0 Å². The van der Waals surface area contributed by atoms with Crippen molar-refractivity contribution in [2.75, 3.05) is 13.2 Å². The molecule has 0 aliphatic heterocycles. The van der Waals surface area contributed by atoms with Crippen LogP contribution in [0.15, 0.2) is 0 Å². The van der Waals surface area contributed by atoms with Crippen molar-refractivity contribution < 1.29 is 21.2 Å². The van der Waals surface area contributed by atoms with Crippen LogP contribution in [0.4, 0.5) is 0 Å². The molecule has 44 valence electrons. The molecular formula is C5H12O2. The van der Waals surface area contributed by atoms with E-state index in [0.29, 0.717) is 0 Å². The van der Waals surface area contributed by atoms with Crippen LogP contribution in [0.25, 0.3) is 0 Å². The zero-order valence-corrected chi connectivity index (χ0v) is 3.60. The Morgan fingerprint density at radius 3 is 2.29 bits per heavy atom. The lowest BCUT2D eigenvalue weighted by atomic mass is 9.97. The lowest BCUT2D eigenvalue weighted by molar-refractivity contribution is 0.0857. The Morgan fingerprint density at radius 1 is 1.71 bits per heavy atom. The molecule has 2 heteroatoms. The molecule has 0 aromatic carbocycles. The van der Waals surface area contributed by atoms with Crippen LogP contribution in [0.1, 0.15) is 24.7 Å². The third-order valence-corrected chi connectivity index (χ3v) is 0.428. The summed E-state index contributed by atoms with van der Waals surface area (Å²) in [6, 6.07) is 0. The van der Waals surface area contributed by atoms with Crippen molar-refractivity contribution in [3.05, 3.63) is 0 Å². The van der Waals surface area contributed by atoms with Crippen molar-refractivity contribution in [3.63, 3.8) is 0 Å². The molecule has 0 aromatic heterocycles. The fourth-order valence-electron chi connectivity index (χ4n) is 0.0354. The number of rotatable bonds is 2. The quantitative estimate of drug-likeness (QED) is 0.528. The predicted octanol–water partition coefficient (Wildman–Crippen LogP) is -0.00280. The van der Waals surface area contributed by atoms with Crippen LogP contribution in [-0.2, 0) is 0 Å². The monoisotopic (exact) mass is 112 g/mol. The van der Waals surface area contributed by atoms with Crippen LogP contribution in [0, 0.1) is 5.41 Å². The predicted molar refractivity (Wildman–Crippen MR) is 28.0 cm³/mol. The number of aliphatic hydroxyl groups is 2. The van der Waals surface area contributed by atoms with Crippen molar-refractivity contribution >= 4 is 0 Å². The third kappa shape index (κ3) is 2.60. The molecule has 0 saturated carbocycles. The Kier molecular flexibility index (Phi) is 0.408. The summed E-state index contributed by atoms with van der Waals surface area (Å²) < 4.78 is 55.6. The molecule has 0 aliphatic rings. The molecule has 0 unspecified atom stereocenters. The average molecular weight is 112 g/mol. The molecule has 0 rings (SSSR count). The number of aliphatic hydroxyl groups excluding tert-OH is 1. The Bertz CT molecular complexity index is 187. The van der Waals surface area contributed by atoms with Gasteiger partial charge >= 0.3 is 0 Å². The molecule has 0 spiro atoms. The van der Waals surface area contributed by atoms with E-state index in [-0.39, 0.29) is 0 Å². The van der Waals surface area contributed by atoms with E-state index in [9.17, 15) is 0 Å². The molecular weight excluding hydrogens is 92.1 g/mol. The van der Waals surface area contributed by atoms with Crippen LogP contribution >= 0.6 is 0 Å². The minimum atomic E-state index is -3.54. The first-order valence-electron chi connectivity index (χ1n) is 5.64. The third-order valence-electron chi connectivity index (χ3n) is 0.428. The van der Waals surface area contributed by atoms with E-state index in [1.54, 1.807) is 0 Å². The largest absolute Gasteiger partial charge is 0.396 e. The smallest absolute Gasteiger partial charge is 0.0570 e. The SMILES string of the molecule is [2H]C([2H])([2H])C(CO)(C([2H])([2H])[2H])C([2H])([2H])O. The summed E-state index contributed by atoms with van der Waals surface area (Å²) in [6.07, 6.45) is 0. The topological polar surface area (TPSA) is 40.5 Å². The highest BCUT2D eigenvalue weighted by atomic mass is 16.3. The highest BCUT2D eigenvalue weighted by molar-refractivity contribution is 4.62. The lowest BCUT2D eigenvalue weighted by Gasteiger charge is -2.16. The van der Waals surface area contributed by atoms with E-state index in [2.05, 4.69) is 0 Å². The van der Waals surface area contributed by atoms with E-state index in [0.717, 1.165) is 0 Å². The molecule has 2 N–H and O–H groups in total. The van der Waals surface area contributed by atoms with Gasteiger partial charge in [-0.3, -0.25) is 0 Å². The van der Waals surface area contributed by atoms with Gasteiger partial charge in [0.05, 0.1) is 15.9 Å². The van der Waals surface area contributed by atoms with Crippen LogP contribution in [0.3, 0.4) is 0 Å². The Labute approximate surface area is 55.0 Å². The minimum absolute atomic E-state index is 1.51. The van der Waals surface area contributed by atoms with E-state index in [1.807, 2.05) is 0 Å². The Hall–Kier alpha value is -0.0800. The first-order chi connectivity index (χ1) is 6.31. The van der Waals surface area contributed by atoms with Crippen molar-refractivity contribution in [2.24, 2.45) is 5.41 Å². The maximum atomic E-state index is 9.05. The van der Waals surface area contributed by atoms with Crippen LogP contribution in [0.2, 0.25) is 0 Å². The van der Waals surface area contributed by atoms with E-state index < -0.39 is 32.3 Å². The Balaban J connectivity index is 5.78. The summed E-state index contributed by atoms with van der Waals surface area (Å²) in [6.45, 7) is -11.8. The fourth-order valence-corrected chi connectivity index (χ4v) is 0.0354. The van der Waals surface area contributed by atoms with Gasteiger partial charge in [-0.2, -0.15) is 0 Å². The molecule has 0 bridgehead atoms. The van der Waals surface area contributed by atoms with Gasteiger partial charge in [-0.05, 0) is 0 Å². The summed E-state index contributed by atoms with van der Waals surface area (Å²) in [5, 5.41) is 17.9. The van der Waals surface area contributed by atoms with Crippen molar-refractivity contribution in [2.45, 2.75) is 13.7 Å². The second kappa shape index (κ2) is 2.28. The zero-order valence-electron chi connectivity index (χ0n) is 11.6. The molecule has 0 heterocycles. The lowest BCUT2D eigenvalue weighted by Crippen LogP contribution is -2.20. The Morgan fingerprint density at radius 2 is 2.29 bits per heavy atom. The summed E-state index contributed by atoms with van der Waals surface area (Å²) in [5.41, 5.74) is -3.20. The molecule has 7 heavy (non-hydrogen) atoms.